The lowest BCUT2D eigenvalue weighted by Gasteiger charge is -2.08. The van der Waals surface area contributed by atoms with Crippen molar-refractivity contribution in [2.45, 2.75) is 4.90 Å². The van der Waals surface area contributed by atoms with E-state index in [2.05, 4.69) is 0 Å². The number of nitro groups is 1. The highest BCUT2D eigenvalue weighted by atomic mass is 32.2. The summed E-state index contributed by atoms with van der Waals surface area (Å²) < 4.78 is 24.0. The molecule has 2 rings (SSSR count). The van der Waals surface area contributed by atoms with Crippen molar-refractivity contribution >= 4 is 21.6 Å². The average molecular weight is 337 g/mol. The number of carbonyl (C=O) groups is 1. The molecule has 2 aromatic carbocycles. The molecule has 0 atom stereocenters. The number of nitrogens with one attached hydrogen (secondary N) is 2. The van der Waals surface area contributed by atoms with E-state index >= 15 is 0 Å². The lowest BCUT2D eigenvalue weighted by Crippen LogP contribution is -2.41. The molecule has 0 fully saturated rings. The van der Waals surface area contributed by atoms with Gasteiger partial charge in [0.25, 0.3) is 15.9 Å². The van der Waals surface area contributed by atoms with E-state index in [1.165, 1.54) is 12.1 Å². The molecule has 0 aliphatic carbocycles. The van der Waals surface area contributed by atoms with Crippen molar-refractivity contribution in [3.8, 4) is 5.75 Å². The number of nitrogens with zero attached hydrogens (tertiary/aromatic N) is 1. The number of aromatic hydroxyl groups is 1. The first-order valence-corrected chi connectivity index (χ1v) is 7.64. The van der Waals surface area contributed by atoms with Gasteiger partial charge in [-0.15, -0.1) is 4.83 Å². The number of phenols is 1. The largest absolute Gasteiger partial charge is 0.502 e. The third-order valence-electron chi connectivity index (χ3n) is 2.79. The Kier molecular flexibility index (Phi) is 4.57. The van der Waals surface area contributed by atoms with Gasteiger partial charge in [-0.25, -0.2) is 8.42 Å². The summed E-state index contributed by atoms with van der Waals surface area (Å²) in [6, 6.07) is 10.4. The van der Waals surface area contributed by atoms with E-state index in [1.54, 1.807) is 18.2 Å². The molecule has 3 N–H and O–H groups in total. The van der Waals surface area contributed by atoms with Crippen molar-refractivity contribution in [1.29, 1.82) is 0 Å². The number of amides is 1. The van der Waals surface area contributed by atoms with Crippen LogP contribution in [0.3, 0.4) is 0 Å². The predicted molar refractivity (Wildman–Crippen MR) is 79.0 cm³/mol. The Labute approximate surface area is 130 Å². The molecule has 10 heteroatoms. The fraction of sp³-hybridized carbons (Fsp3) is 0. The van der Waals surface area contributed by atoms with Gasteiger partial charge in [0.2, 0.25) is 0 Å². The second kappa shape index (κ2) is 6.42. The van der Waals surface area contributed by atoms with E-state index in [-0.39, 0.29) is 5.56 Å². The molecule has 0 unspecified atom stereocenters. The number of sulfonamides is 1. The van der Waals surface area contributed by atoms with Crippen LogP contribution in [0.2, 0.25) is 0 Å². The molecular formula is C13H11N3O6S. The molecule has 0 aliphatic rings. The van der Waals surface area contributed by atoms with Gasteiger partial charge in [-0.1, -0.05) is 18.2 Å². The summed E-state index contributed by atoms with van der Waals surface area (Å²) >= 11 is 0. The topological polar surface area (TPSA) is 139 Å². The Hall–Kier alpha value is -2.98. The van der Waals surface area contributed by atoms with Gasteiger partial charge in [-0.05, 0) is 24.3 Å². The van der Waals surface area contributed by atoms with Crippen molar-refractivity contribution in [2.24, 2.45) is 0 Å². The van der Waals surface area contributed by atoms with Crippen molar-refractivity contribution in [2.75, 3.05) is 0 Å². The summed E-state index contributed by atoms with van der Waals surface area (Å²) in [5.74, 6) is -1.36. The Morgan fingerprint density at radius 3 is 2.39 bits per heavy atom. The molecule has 23 heavy (non-hydrogen) atoms. The molecule has 2 aromatic rings. The molecule has 0 aliphatic heterocycles. The third-order valence-corrected chi connectivity index (χ3v) is 4.03. The quantitative estimate of drug-likeness (QED) is 0.548. The lowest BCUT2D eigenvalue weighted by molar-refractivity contribution is -0.386. The molecule has 0 radical (unpaired) electrons. The normalized spacial score (nSPS) is 11.0. The number of hydrazine groups is 1. The van der Waals surface area contributed by atoms with E-state index in [9.17, 15) is 28.4 Å². The molecule has 0 saturated heterocycles. The van der Waals surface area contributed by atoms with Gasteiger partial charge in [0.05, 0.1) is 9.82 Å². The molecule has 0 aromatic heterocycles. The molecule has 120 valence electrons. The van der Waals surface area contributed by atoms with Gasteiger partial charge in [0, 0.05) is 11.6 Å². The van der Waals surface area contributed by atoms with Crippen molar-refractivity contribution in [3.63, 3.8) is 0 Å². The number of hydrogen-bond acceptors (Lipinski definition) is 6. The minimum absolute atomic E-state index is 0.229. The monoisotopic (exact) mass is 337 g/mol. The van der Waals surface area contributed by atoms with E-state index in [4.69, 9.17) is 0 Å². The lowest BCUT2D eigenvalue weighted by atomic mass is 10.2. The third kappa shape index (κ3) is 3.81. The molecule has 0 saturated carbocycles. The van der Waals surface area contributed by atoms with Crippen LogP contribution in [0, 0.1) is 10.1 Å². The SMILES string of the molecule is O=C(NNS(=O)(=O)c1ccc(O)c([N+](=O)[O-])c1)c1ccccc1. The van der Waals surface area contributed by atoms with Gasteiger partial charge >= 0.3 is 5.69 Å². The number of rotatable bonds is 5. The molecule has 9 nitrogen and oxygen atoms in total. The van der Waals surface area contributed by atoms with Crippen molar-refractivity contribution in [1.82, 2.24) is 10.3 Å². The van der Waals surface area contributed by atoms with Crippen LogP contribution < -0.4 is 10.3 Å². The van der Waals surface area contributed by atoms with Gasteiger partial charge < -0.3 is 5.11 Å². The summed E-state index contributed by atoms with van der Waals surface area (Å²) in [7, 11) is -4.23. The Morgan fingerprint density at radius 1 is 1.13 bits per heavy atom. The Balaban J connectivity index is 2.18. The highest BCUT2D eigenvalue weighted by Crippen LogP contribution is 2.27. The first-order chi connectivity index (χ1) is 10.8. The van der Waals surface area contributed by atoms with E-state index in [0.29, 0.717) is 6.07 Å². The summed E-state index contributed by atoms with van der Waals surface area (Å²) in [5.41, 5.74) is 1.46. The second-order valence-corrected chi connectivity index (χ2v) is 6.02. The number of carbonyl (C=O) groups excluding carboxylic acids is 1. The van der Waals surface area contributed by atoms with Crippen LogP contribution in [0.25, 0.3) is 0 Å². The summed E-state index contributed by atoms with van der Waals surface area (Å²) in [5, 5.41) is 20.0. The van der Waals surface area contributed by atoms with Crippen LogP contribution in [-0.2, 0) is 10.0 Å². The second-order valence-electron chi connectivity index (χ2n) is 4.33. The van der Waals surface area contributed by atoms with Gasteiger partial charge in [-0.3, -0.25) is 20.3 Å². The molecular weight excluding hydrogens is 326 g/mol. The van der Waals surface area contributed by atoms with E-state index < -0.39 is 37.2 Å². The summed E-state index contributed by atoms with van der Waals surface area (Å²) in [4.78, 5) is 22.9. The van der Waals surface area contributed by atoms with Crippen LogP contribution in [0.15, 0.2) is 53.4 Å². The highest BCUT2D eigenvalue weighted by molar-refractivity contribution is 7.89. The zero-order chi connectivity index (χ0) is 17.0. The smallest absolute Gasteiger partial charge is 0.312 e. The van der Waals surface area contributed by atoms with Crippen LogP contribution in [0.1, 0.15) is 10.4 Å². The van der Waals surface area contributed by atoms with Gasteiger partial charge in [-0.2, -0.15) is 0 Å². The van der Waals surface area contributed by atoms with Crippen molar-refractivity contribution in [3.05, 3.63) is 64.2 Å². The maximum atomic E-state index is 12.0. The standard InChI is InChI=1S/C13H11N3O6S/c17-12-7-6-10(8-11(12)16(19)20)23(21,22)15-14-13(18)9-4-2-1-3-5-9/h1-8,15,17H,(H,14,18). The fourth-order valence-corrected chi connectivity index (χ4v) is 2.51. The number of benzene rings is 2. The molecule has 0 spiro atoms. The summed E-state index contributed by atoms with van der Waals surface area (Å²) in [6.45, 7) is 0. The first kappa shape index (κ1) is 16.4. The maximum absolute atomic E-state index is 12.0. The first-order valence-electron chi connectivity index (χ1n) is 6.16. The number of nitro benzene ring substituents is 1. The Morgan fingerprint density at radius 2 is 1.78 bits per heavy atom. The zero-order valence-electron chi connectivity index (χ0n) is 11.5. The highest BCUT2D eigenvalue weighted by Gasteiger charge is 2.21. The van der Waals surface area contributed by atoms with Crippen molar-refractivity contribution < 1.29 is 23.2 Å². The van der Waals surface area contributed by atoms with Crippen LogP contribution >= 0.6 is 0 Å². The van der Waals surface area contributed by atoms with Crippen LogP contribution in [0.5, 0.6) is 5.75 Å². The van der Waals surface area contributed by atoms with Crippen LogP contribution in [-0.4, -0.2) is 24.4 Å². The van der Waals surface area contributed by atoms with Gasteiger partial charge in [0.1, 0.15) is 0 Å². The number of phenolic OH excluding ortho intramolecular Hbond substituents is 1. The van der Waals surface area contributed by atoms with E-state index in [1.807, 2.05) is 10.3 Å². The molecule has 0 heterocycles. The minimum Gasteiger partial charge on any atom is -0.502 e. The van der Waals surface area contributed by atoms with Gasteiger partial charge in [0.15, 0.2) is 5.75 Å². The predicted octanol–water partition coefficient (Wildman–Crippen LogP) is 0.924. The minimum atomic E-state index is -4.23. The number of hydrogen-bond donors (Lipinski definition) is 3. The molecule has 0 bridgehead atoms. The fourth-order valence-electron chi connectivity index (χ4n) is 1.65. The summed E-state index contributed by atoms with van der Waals surface area (Å²) in [6.07, 6.45) is 0. The van der Waals surface area contributed by atoms with Crippen LogP contribution in [0.4, 0.5) is 5.69 Å². The Bertz CT molecular complexity index is 851. The molecule has 1 amide bonds. The van der Waals surface area contributed by atoms with E-state index in [0.717, 1.165) is 12.1 Å². The average Bonchev–Trinajstić information content (AvgIpc) is 2.53. The zero-order valence-corrected chi connectivity index (χ0v) is 12.3. The maximum Gasteiger partial charge on any atom is 0.312 e.